The van der Waals surface area contributed by atoms with Crippen molar-refractivity contribution in [1.82, 2.24) is 25.0 Å². The maximum atomic E-state index is 13.8. The molecular weight excluding hydrogens is 750 g/mol. The van der Waals surface area contributed by atoms with Gasteiger partial charge in [0, 0.05) is 90.6 Å². The Morgan fingerprint density at radius 2 is 1.43 bits per heavy atom. The number of anilines is 2. The second kappa shape index (κ2) is 21.9. The van der Waals surface area contributed by atoms with Gasteiger partial charge in [0.05, 0.1) is 22.5 Å². The molecule has 0 aliphatic carbocycles. The molecule has 0 atom stereocenters. The SMILES string of the molecule is CN1CCN(c2ccc(-c3cccc(CN4CCN(CCCNC(=O)CCCCCCCCCC(N)=O)CC4)c3)cc2NC(=O)c2c[nH]c(=O)cc2C(F)(F)F)CC1. The van der Waals surface area contributed by atoms with Crippen molar-refractivity contribution in [3.05, 3.63) is 81.8 Å². The highest BCUT2D eigenvalue weighted by atomic mass is 19.4. The van der Waals surface area contributed by atoms with Crippen LogP contribution in [0.5, 0.6) is 0 Å². The van der Waals surface area contributed by atoms with Gasteiger partial charge in [-0.1, -0.05) is 56.4 Å². The predicted octanol–water partition coefficient (Wildman–Crippen LogP) is 5.68. The molecule has 5 rings (SSSR count). The molecule has 0 unspecified atom stereocenters. The number of piperazine rings is 2. The van der Waals surface area contributed by atoms with Crippen molar-refractivity contribution in [2.45, 2.75) is 76.9 Å². The van der Waals surface area contributed by atoms with Gasteiger partial charge in [-0.2, -0.15) is 13.2 Å². The number of carbonyl (C=O) groups is 3. The number of amides is 3. The fourth-order valence-electron chi connectivity index (χ4n) is 7.59. The average Bonchev–Trinajstić information content (AvgIpc) is 3.19. The Morgan fingerprint density at radius 3 is 2.12 bits per heavy atom. The molecule has 2 saturated heterocycles. The van der Waals surface area contributed by atoms with Crippen molar-refractivity contribution in [3.63, 3.8) is 0 Å². The van der Waals surface area contributed by atoms with Crippen molar-refractivity contribution < 1.29 is 27.6 Å². The number of halogens is 3. The summed E-state index contributed by atoms with van der Waals surface area (Å²) in [6.07, 6.45) is 5.02. The second-order valence-corrected chi connectivity index (χ2v) is 15.6. The molecule has 15 heteroatoms. The molecule has 2 aliphatic heterocycles. The lowest BCUT2D eigenvalue weighted by Crippen LogP contribution is -2.46. The number of nitrogens with zero attached hydrogens (tertiary/aromatic N) is 4. The molecule has 0 saturated carbocycles. The van der Waals surface area contributed by atoms with E-state index < -0.39 is 28.8 Å². The fourth-order valence-corrected chi connectivity index (χ4v) is 7.59. The summed E-state index contributed by atoms with van der Waals surface area (Å²) in [5.41, 5.74) is 6.26. The number of rotatable bonds is 20. The molecule has 12 nitrogen and oxygen atoms in total. The van der Waals surface area contributed by atoms with E-state index in [1.165, 1.54) is 0 Å². The summed E-state index contributed by atoms with van der Waals surface area (Å²) in [7, 11) is 2.03. The van der Waals surface area contributed by atoms with E-state index in [4.69, 9.17) is 5.73 Å². The largest absolute Gasteiger partial charge is 0.417 e. The molecule has 2 fully saturated rings. The monoisotopic (exact) mass is 808 g/mol. The van der Waals surface area contributed by atoms with Crippen LogP contribution in [0.2, 0.25) is 0 Å². The van der Waals surface area contributed by atoms with Crippen LogP contribution in [0.15, 0.2) is 59.5 Å². The van der Waals surface area contributed by atoms with Gasteiger partial charge < -0.3 is 36.1 Å². The normalized spacial score (nSPS) is 15.7. The van der Waals surface area contributed by atoms with Crippen molar-refractivity contribution in [3.8, 4) is 11.1 Å². The highest BCUT2D eigenvalue weighted by molar-refractivity contribution is 6.07. The van der Waals surface area contributed by atoms with Gasteiger partial charge in [-0.15, -0.1) is 0 Å². The molecule has 58 heavy (non-hydrogen) atoms. The molecule has 316 valence electrons. The number of hydrogen-bond acceptors (Lipinski definition) is 8. The van der Waals surface area contributed by atoms with Gasteiger partial charge >= 0.3 is 6.18 Å². The van der Waals surface area contributed by atoms with Crippen LogP contribution >= 0.6 is 0 Å². The van der Waals surface area contributed by atoms with E-state index >= 15 is 0 Å². The van der Waals surface area contributed by atoms with E-state index in [-0.39, 0.29) is 11.8 Å². The highest BCUT2D eigenvalue weighted by Gasteiger charge is 2.36. The van der Waals surface area contributed by atoms with Crippen LogP contribution in [0.3, 0.4) is 0 Å². The van der Waals surface area contributed by atoms with Crippen LogP contribution in [0.1, 0.15) is 85.7 Å². The number of aromatic nitrogens is 1. The molecule has 0 bridgehead atoms. The first-order chi connectivity index (χ1) is 27.9. The number of H-pyrrole nitrogens is 1. The number of unbranched alkanes of at least 4 members (excludes halogenated alkanes) is 6. The number of hydrogen-bond donors (Lipinski definition) is 4. The third kappa shape index (κ3) is 14.0. The number of aromatic amines is 1. The lowest BCUT2D eigenvalue weighted by molar-refractivity contribution is -0.138. The third-order valence-electron chi connectivity index (χ3n) is 11.0. The minimum absolute atomic E-state index is 0.116. The Kier molecular flexibility index (Phi) is 16.7. The standard InChI is InChI=1S/C43H59F3N8O4/c1-51-19-25-54(26-20-51)38-16-15-34(28-37(38)50-42(58)35-30-49-41(57)29-36(35)43(44,45)46)33-12-9-11-32(27-33)31-53-23-21-52(22-24-53)18-10-17-48-40(56)14-8-6-4-2-3-5-7-13-39(47)55/h9,11-12,15-16,27-30H,2-8,10,13-14,17-26,31H2,1H3,(H2,47,55)(H,48,56)(H,49,57)(H,50,58). The number of pyridine rings is 1. The summed E-state index contributed by atoms with van der Waals surface area (Å²) >= 11 is 0. The number of carbonyl (C=O) groups excluding carboxylic acids is 3. The molecule has 0 spiro atoms. The topological polar surface area (TPSA) is 147 Å². The first kappa shape index (κ1) is 44.4. The first-order valence-corrected chi connectivity index (χ1v) is 20.6. The van der Waals surface area contributed by atoms with Crippen molar-refractivity contribution in [2.24, 2.45) is 5.73 Å². The number of nitrogens with one attached hydrogen (secondary N) is 3. The molecule has 5 N–H and O–H groups in total. The van der Waals surface area contributed by atoms with Gasteiger partial charge in [0.25, 0.3) is 5.91 Å². The maximum Gasteiger partial charge on any atom is 0.417 e. The summed E-state index contributed by atoms with van der Waals surface area (Å²) in [6.45, 7) is 9.08. The molecule has 0 radical (unpaired) electrons. The molecule has 2 aliphatic rings. The number of primary amides is 1. The molecule has 2 aromatic carbocycles. The van der Waals surface area contributed by atoms with Gasteiger partial charge in [0.15, 0.2) is 0 Å². The Morgan fingerprint density at radius 1 is 0.776 bits per heavy atom. The minimum atomic E-state index is -4.88. The highest BCUT2D eigenvalue weighted by Crippen LogP contribution is 2.35. The Bertz CT molecular complexity index is 1870. The number of benzene rings is 2. The van der Waals surface area contributed by atoms with E-state index in [0.29, 0.717) is 49.9 Å². The number of likely N-dealkylation sites (N-methyl/N-ethyl adjacent to an activating group) is 1. The lowest BCUT2D eigenvalue weighted by atomic mass is 10.0. The smallest absolute Gasteiger partial charge is 0.370 e. The third-order valence-corrected chi connectivity index (χ3v) is 11.0. The van der Waals surface area contributed by atoms with E-state index in [2.05, 4.69) is 47.3 Å². The van der Waals surface area contributed by atoms with Crippen molar-refractivity contribution in [1.29, 1.82) is 0 Å². The summed E-state index contributed by atoms with van der Waals surface area (Å²) in [5.74, 6) is -1.08. The number of nitrogens with two attached hydrogens (primary N) is 1. The van der Waals surface area contributed by atoms with Crippen LogP contribution in [0.4, 0.5) is 24.5 Å². The van der Waals surface area contributed by atoms with Crippen LogP contribution in [0, 0.1) is 0 Å². The molecule has 1 aromatic heterocycles. The lowest BCUT2D eigenvalue weighted by Gasteiger charge is -2.35. The van der Waals surface area contributed by atoms with Crippen LogP contribution in [-0.4, -0.2) is 110 Å². The van der Waals surface area contributed by atoms with Crippen LogP contribution in [-0.2, 0) is 22.3 Å². The molecular formula is C43H59F3N8O4. The molecule has 3 amide bonds. The quantitative estimate of drug-likeness (QED) is 0.107. The van der Waals surface area contributed by atoms with Gasteiger partial charge in [0.2, 0.25) is 17.4 Å². The van der Waals surface area contributed by atoms with Gasteiger partial charge in [-0.3, -0.25) is 24.1 Å². The fraction of sp³-hybridized carbons (Fsp3) is 0.535. The zero-order chi connectivity index (χ0) is 41.5. The predicted molar refractivity (Wildman–Crippen MR) is 222 cm³/mol. The Balaban J connectivity index is 1.10. The van der Waals surface area contributed by atoms with Crippen LogP contribution in [0.25, 0.3) is 11.1 Å². The van der Waals surface area contributed by atoms with Crippen LogP contribution < -0.4 is 26.8 Å². The van der Waals surface area contributed by atoms with Gasteiger partial charge in [-0.05, 0) is 67.7 Å². The average molecular weight is 809 g/mol. The van der Waals surface area contributed by atoms with E-state index in [0.717, 1.165) is 127 Å². The number of alkyl halides is 3. The Hall–Kier alpha value is -4.73. The van der Waals surface area contributed by atoms with Gasteiger partial charge in [-0.25, -0.2) is 0 Å². The van der Waals surface area contributed by atoms with E-state index in [1.807, 2.05) is 37.4 Å². The minimum Gasteiger partial charge on any atom is -0.370 e. The van der Waals surface area contributed by atoms with E-state index in [9.17, 15) is 32.3 Å². The van der Waals surface area contributed by atoms with Gasteiger partial charge in [0.1, 0.15) is 0 Å². The first-order valence-electron chi connectivity index (χ1n) is 20.6. The van der Waals surface area contributed by atoms with E-state index in [1.54, 1.807) is 0 Å². The molecule has 3 heterocycles. The summed E-state index contributed by atoms with van der Waals surface area (Å²) in [5, 5.41) is 5.81. The summed E-state index contributed by atoms with van der Waals surface area (Å²) in [4.78, 5) is 59.6. The second-order valence-electron chi connectivity index (χ2n) is 15.6. The Labute approximate surface area is 339 Å². The zero-order valence-electron chi connectivity index (χ0n) is 33.7. The summed E-state index contributed by atoms with van der Waals surface area (Å²) < 4.78 is 41.5. The van der Waals surface area contributed by atoms with Crippen molar-refractivity contribution in [2.75, 3.05) is 82.7 Å². The molecule has 3 aromatic rings. The summed E-state index contributed by atoms with van der Waals surface area (Å²) in [6, 6.07) is 14.3. The zero-order valence-corrected chi connectivity index (χ0v) is 33.7. The van der Waals surface area contributed by atoms with Crippen molar-refractivity contribution >= 4 is 29.1 Å². The maximum absolute atomic E-state index is 13.8.